The lowest BCUT2D eigenvalue weighted by Gasteiger charge is -2.35. The van der Waals surface area contributed by atoms with Crippen molar-refractivity contribution >= 4 is 11.9 Å². The van der Waals surface area contributed by atoms with Crippen LogP contribution in [0.1, 0.15) is 59.3 Å². The summed E-state index contributed by atoms with van der Waals surface area (Å²) in [7, 11) is 0. The highest BCUT2D eigenvalue weighted by Gasteiger charge is 2.49. The van der Waals surface area contributed by atoms with Gasteiger partial charge in [0.1, 0.15) is 0 Å². The molecule has 0 radical (unpaired) electrons. The van der Waals surface area contributed by atoms with Gasteiger partial charge in [-0.15, -0.1) is 0 Å². The van der Waals surface area contributed by atoms with Gasteiger partial charge >= 0.3 is 11.9 Å². The van der Waals surface area contributed by atoms with E-state index >= 15 is 0 Å². The van der Waals surface area contributed by atoms with Gasteiger partial charge in [-0.3, -0.25) is 9.59 Å². The first-order valence-corrected chi connectivity index (χ1v) is 9.00. The summed E-state index contributed by atoms with van der Waals surface area (Å²) in [5, 5.41) is 18.1. The predicted molar refractivity (Wildman–Crippen MR) is 93.4 cm³/mol. The van der Waals surface area contributed by atoms with E-state index in [1.54, 1.807) is 0 Å². The highest BCUT2D eigenvalue weighted by atomic mass is 16.4. The molecular weight excluding hydrogens is 308 g/mol. The Bertz CT molecular complexity index is 443. The van der Waals surface area contributed by atoms with Gasteiger partial charge in [-0.05, 0) is 54.9 Å². The summed E-state index contributed by atoms with van der Waals surface area (Å²) in [4.78, 5) is 22.1. The van der Waals surface area contributed by atoms with Crippen molar-refractivity contribution in [2.45, 2.75) is 65.3 Å². The normalized spacial score (nSPS) is 32.5. The summed E-state index contributed by atoms with van der Waals surface area (Å²) in [6, 6.07) is -0.323. The van der Waals surface area contributed by atoms with Gasteiger partial charge in [0.05, 0.1) is 12.8 Å². The van der Waals surface area contributed by atoms with Crippen LogP contribution in [0, 0.1) is 29.1 Å². The number of nitrogens with two attached hydrogens (primary N) is 2. The zero-order valence-electron chi connectivity index (χ0n) is 15.2. The van der Waals surface area contributed by atoms with Crippen LogP contribution in [-0.2, 0) is 9.59 Å². The molecule has 1 rings (SSSR count). The molecule has 6 N–H and O–H groups in total. The fourth-order valence-electron chi connectivity index (χ4n) is 4.72. The van der Waals surface area contributed by atoms with E-state index in [0.29, 0.717) is 36.6 Å². The summed E-state index contributed by atoms with van der Waals surface area (Å²) in [6.45, 7) is 6.89. The van der Waals surface area contributed by atoms with Crippen molar-refractivity contribution in [3.8, 4) is 0 Å². The second-order valence-electron chi connectivity index (χ2n) is 8.06. The zero-order valence-corrected chi connectivity index (χ0v) is 15.2. The van der Waals surface area contributed by atoms with E-state index in [-0.39, 0.29) is 24.3 Å². The molecule has 1 aliphatic carbocycles. The molecule has 1 fully saturated rings. The number of aliphatic carboxylic acids is 2. The third kappa shape index (κ3) is 5.45. The number of carbonyl (C=O) groups is 2. The average Bonchev–Trinajstić information content (AvgIpc) is 2.67. The van der Waals surface area contributed by atoms with E-state index in [2.05, 4.69) is 20.8 Å². The Labute approximate surface area is 145 Å². The van der Waals surface area contributed by atoms with Crippen molar-refractivity contribution in [1.29, 1.82) is 0 Å². The molecule has 1 unspecified atom stereocenters. The fraction of sp³-hybridized carbons (Fsp3) is 0.889. The first-order valence-electron chi connectivity index (χ1n) is 9.00. The molecule has 0 heterocycles. The van der Waals surface area contributed by atoms with Gasteiger partial charge in [0, 0.05) is 6.04 Å². The van der Waals surface area contributed by atoms with Gasteiger partial charge in [0.15, 0.2) is 0 Å². The van der Waals surface area contributed by atoms with E-state index in [1.165, 1.54) is 0 Å². The molecule has 0 amide bonds. The van der Waals surface area contributed by atoms with E-state index in [4.69, 9.17) is 16.6 Å². The Kier molecular flexibility index (Phi) is 7.67. The molecular formula is C18H34N2O4. The lowest BCUT2D eigenvalue weighted by atomic mass is 9.70. The smallest absolute Gasteiger partial charge is 0.304 e. The van der Waals surface area contributed by atoms with Crippen LogP contribution < -0.4 is 11.5 Å². The van der Waals surface area contributed by atoms with Gasteiger partial charge in [-0.2, -0.15) is 0 Å². The highest BCUT2D eigenvalue weighted by Crippen LogP contribution is 2.53. The lowest BCUT2D eigenvalue weighted by Crippen LogP contribution is -2.38. The maximum absolute atomic E-state index is 11.3. The van der Waals surface area contributed by atoms with Crippen LogP contribution in [0.3, 0.4) is 0 Å². The Hall–Kier alpha value is -1.14. The molecule has 0 aromatic carbocycles. The molecule has 6 nitrogen and oxygen atoms in total. The molecule has 0 saturated heterocycles. The van der Waals surface area contributed by atoms with Crippen molar-refractivity contribution < 1.29 is 19.8 Å². The van der Waals surface area contributed by atoms with Gasteiger partial charge in [-0.25, -0.2) is 0 Å². The molecule has 0 aromatic rings. The molecule has 6 atom stereocenters. The SMILES string of the molecule is C[C@H](CCC1[C@H](C)[C@@H](C)C[C@]1(CN)CC(=O)O)C[C@H](N)CC(=O)O. The van der Waals surface area contributed by atoms with E-state index in [9.17, 15) is 14.7 Å². The molecule has 1 aliphatic rings. The summed E-state index contributed by atoms with van der Waals surface area (Å²) in [6.07, 6.45) is 3.53. The van der Waals surface area contributed by atoms with Crippen LogP contribution in [0.2, 0.25) is 0 Å². The predicted octanol–water partition coefficient (Wildman–Crippen LogP) is 2.31. The van der Waals surface area contributed by atoms with Gasteiger partial charge in [0.2, 0.25) is 0 Å². The summed E-state index contributed by atoms with van der Waals surface area (Å²) < 4.78 is 0. The summed E-state index contributed by atoms with van der Waals surface area (Å²) >= 11 is 0. The Morgan fingerprint density at radius 1 is 1.25 bits per heavy atom. The number of rotatable bonds is 10. The Balaban J connectivity index is 2.68. The topological polar surface area (TPSA) is 127 Å². The summed E-state index contributed by atoms with van der Waals surface area (Å²) in [5.41, 5.74) is 11.6. The molecule has 24 heavy (non-hydrogen) atoms. The van der Waals surface area contributed by atoms with Crippen LogP contribution in [0.15, 0.2) is 0 Å². The zero-order chi connectivity index (χ0) is 18.5. The van der Waals surface area contributed by atoms with Gasteiger partial charge < -0.3 is 21.7 Å². The lowest BCUT2D eigenvalue weighted by molar-refractivity contribution is -0.140. The number of hydrogen-bond donors (Lipinski definition) is 4. The van der Waals surface area contributed by atoms with Crippen LogP contribution in [0.5, 0.6) is 0 Å². The molecule has 0 aliphatic heterocycles. The maximum Gasteiger partial charge on any atom is 0.304 e. The number of carboxylic acids is 2. The fourth-order valence-corrected chi connectivity index (χ4v) is 4.72. The van der Waals surface area contributed by atoms with Crippen LogP contribution >= 0.6 is 0 Å². The largest absolute Gasteiger partial charge is 0.481 e. The standard InChI is InChI=1S/C18H34N2O4/c1-11(6-14(20)7-16(21)22)4-5-15-13(3)12(2)8-18(15,10-19)9-17(23)24/h11-15H,4-10,19-20H2,1-3H3,(H,21,22)(H,23,24)/t11-,12+,13-,14+,15?,18-/m1/s1. The Morgan fingerprint density at radius 3 is 2.38 bits per heavy atom. The van der Waals surface area contributed by atoms with Crippen molar-refractivity contribution in [3.05, 3.63) is 0 Å². The molecule has 140 valence electrons. The minimum Gasteiger partial charge on any atom is -0.481 e. The quantitative estimate of drug-likeness (QED) is 0.482. The molecule has 0 bridgehead atoms. The van der Waals surface area contributed by atoms with E-state index in [0.717, 1.165) is 19.3 Å². The van der Waals surface area contributed by atoms with Gasteiger partial charge in [0.25, 0.3) is 0 Å². The third-order valence-electron chi connectivity index (χ3n) is 6.07. The van der Waals surface area contributed by atoms with Crippen molar-refractivity contribution in [1.82, 2.24) is 0 Å². The summed E-state index contributed by atoms with van der Waals surface area (Å²) in [5.74, 6) is -0.0930. The van der Waals surface area contributed by atoms with Crippen LogP contribution in [0.4, 0.5) is 0 Å². The van der Waals surface area contributed by atoms with Gasteiger partial charge in [-0.1, -0.05) is 27.2 Å². The van der Waals surface area contributed by atoms with E-state index in [1.807, 2.05) is 0 Å². The van der Waals surface area contributed by atoms with E-state index < -0.39 is 11.9 Å². The highest BCUT2D eigenvalue weighted by molar-refractivity contribution is 5.68. The van der Waals surface area contributed by atoms with Crippen molar-refractivity contribution in [3.63, 3.8) is 0 Å². The molecule has 1 saturated carbocycles. The second-order valence-corrected chi connectivity index (χ2v) is 8.06. The second kappa shape index (κ2) is 8.81. The minimum absolute atomic E-state index is 0.00699. The number of hydrogen-bond acceptors (Lipinski definition) is 4. The molecule has 0 spiro atoms. The molecule has 0 aromatic heterocycles. The maximum atomic E-state index is 11.3. The van der Waals surface area contributed by atoms with Crippen LogP contribution in [-0.4, -0.2) is 34.7 Å². The first kappa shape index (κ1) is 20.9. The minimum atomic E-state index is -0.864. The Morgan fingerprint density at radius 2 is 1.88 bits per heavy atom. The monoisotopic (exact) mass is 342 g/mol. The number of carboxylic acid groups (broad SMARTS) is 2. The first-order chi connectivity index (χ1) is 11.1. The van der Waals surface area contributed by atoms with Crippen molar-refractivity contribution in [2.24, 2.45) is 40.6 Å². The average molecular weight is 342 g/mol. The third-order valence-corrected chi connectivity index (χ3v) is 6.07. The van der Waals surface area contributed by atoms with Crippen LogP contribution in [0.25, 0.3) is 0 Å². The van der Waals surface area contributed by atoms with Crippen molar-refractivity contribution in [2.75, 3.05) is 6.54 Å². The molecule has 6 heteroatoms.